The molecule has 1 atom stereocenters. The zero-order chi connectivity index (χ0) is 25.6. The number of nitrogens with one attached hydrogen (secondary N) is 1. The van der Waals surface area contributed by atoms with E-state index in [0.29, 0.717) is 45.0 Å². The normalized spacial score (nSPS) is 17.0. The maximum absolute atomic E-state index is 12.6. The fourth-order valence-corrected chi connectivity index (χ4v) is 3.80. The van der Waals surface area contributed by atoms with Gasteiger partial charge in [-0.2, -0.15) is 0 Å². The summed E-state index contributed by atoms with van der Waals surface area (Å²) in [4.78, 5) is 38.1. The SMILES string of the molecule is CCC(C)(CC)CCOCCOCCOCCNC(=O)CCN1C(=O)CC(C(C)(C)CC)C1=O. The quantitative estimate of drug-likeness (QED) is 0.223. The minimum atomic E-state index is -0.298. The molecule has 3 amide bonds. The van der Waals surface area contributed by atoms with Crippen LogP contribution in [-0.2, 0) is 28.6 Å². The highest BCUT2D eigenvalue weighted by Gasteiger charge is 2.45. The molecule has 0 aromatic heterocycles. The monoisotopic (exact) mass is 484 g/mol. The van der Waals surface area contributed by atoms with Crippen LogP contribution in [0.3, 0.4) is 0 Å². The van der Waals surface area contributed by atoms with Gasteiger partial charge in [0, 0.05) is 32.5 Å². The lowest BCUT2D eigenvalue weighted by Crippen LogP contribution is -2.38. The Morgan fingerprint density at radius 2 is 1.47 bits per heavy atom. The zero-order valence-corrected chi connectivity index (χ0v) is 22.4. The zero-order valence-electron chi connectivity index (χ0n) is 22.4. The number of hydrogen-bond acceptors (Lipinski definition) is 6. The predicted octanol–water partition coefficient (Wildman–Crippen LogP) is 3.57. The third-order valence-electron chi connectivity index (χ3n) is 7.53. The Morgan fingerprint density at radius 3 is 2.03 bits per heavy atom. The topological polar surface area (TPSA) is 94.2 Å². The van der Waals surface area contributed by atoms with Crippen molar-refractivity contribution in [2.45, 2.75) is 80.1 Å². The molecular formula is C26H48N2O6. The number of carbonyl (C=O) groups excluding carboxylic acids is 3. The van der Waals surface area contributed by atoms with Crippen molar-refractivity contribution in [1.29, 1.82) is 0 Å². The summed E-state index contributed by atoms with van der Waals surface area (Å²) in [5.41, 5.74) is 0.144. The van der Waals surface area contributed by atoms with Crippen LogP contribution in [0.1, 0.15) is 80.1 Å². The minimum Gasteiger partial charge on any atom is -0.379 e. The molecule has 1 rings (SSSR count). The molecule has 1 saturated heterocycles. The molecule has 0 aliphatic carbocycles. The molecule has 1 N–H and O–H groups in total. The van der Waals surface area contributed by atoms with Crippen molar-refractivity contribution in [3.05, 3.63) is 0 Å². The molecule has 1 fully saturated rings. The Morgan fingerprint density at radius 1 is 0.912 bits per heavy atom. The smallest absolute Gasteiger partial charge is 0.233 e. The lowest BCUT2D eigenvalue weighted by molar-refractivity contribution is -0.140. The maximum Gasteiger partial charge on any atom is 0.233 e. The Balaban J connectivity index is 2.02. The van der Waals surface area contributed by atoms with Gasteiger partial charge in [0.2, 0.25) is 17.7 Å². The van der Waals surface area contributed by atoms with Gasteiger partial charge in [-0.3, -0.25) is 19.3 Å². The van der Waals surface area contributed by atoms with E-state index in [1.165, 1.54) is 4.90 Å². The van der Waals surface area contributed by atoms with Crippen LogP contribution >= 0.6 is 0 Å². The van der Waals surface area contributed by atoms with E-state index in [4.69, 9.17) is 14.2 Å². The number of ether oxygens (including phenoxy) is 3. The van der Waals surface area contributed by atoms with Crippen LogP contribution in [0.5, 0.6) is 0 Å². The van der Waals surface area contributed by atoms with Gasteiger partial charge in [-0.25, -0.2) is 0 Å². The summed E-state index contributed by atoms with van der Waals surface area (Å²) in [5, 5.41) is 2.76. The van der Waals surface area contributed by atoms with Crippen molar-refractivity contribution in [2.75, 3.05) is 52.7 Å². The largest absolute Gasteiger partial charge is 0.379 e. The second kappa shape index (κ2) is 15.5. The summed E-state index contributed by atoms with van der Waals surface area (Å²) in [6.07, 6.45) is 4.56. The van der Waals surface area contributed by atoms with Crippen molar-refractivity contribution in [1.82, 2.24) is 10.2 Å². The molecule has 1 aliphatic rings. The van der Waals surface area contributed by atoms with Gasteiger partial charge < -0.3 is 19.5 Å². The molecule has 1 heterocycles. The van der Waals surface area contributed by atoms with Crippen molar-refractivity contribution in [2.24, 2.45) is 16.7 Å². The summed E-state index contributed by atoms with van der Waals surface area (Å²) < 4.78 is 16.6. The van der Waals surface area contributed by atoms with Gasteiger partial charge in [0.05, 0.1) is 39.0 Å². The average molecular weight is 485 g/mol. The van der Waals surface area contributed by atoms with Crippen LogP contribution in [0.2, 0.25) is 0 Å². The molecule has 8 heteroatoms. The Hall–Kier alpha value is -1.51. The Labute approximate surface area is 206 Å². The number of hydrogen-bond donors (Lipinski definition) is 1. The summed E-state index contributed by atoms with van der Waals surface area (Å²) >= 11 is 0. The van der Waals surface area contributed by atoms with Crippen LogP contribution in [-0.4, -0.2) is 75.4 Å². The fraction of sp³-hybridized carbons (Fsp3) is 0.885. The first-order chi connectivity index (χ1) is 16.1. The van der Waals surface area contributed by atoms with Gasteiger partial charge in [0.25, 0.3) is 0 Å². The van der Waals surface area contributed by atoms with E-state index < -0.39 is 0 Å². The number of imide groups is 1. The Kier molecular flexibility index (Phi) is 13.9. The van der Waals surface area contributed by atoms with Crippen molar-refractivity contribution >= 4 is 17.7 Å². The van der Waals surface area contributed by atoms with E-state index in [2.05, 4.69) is 26.1 Å². The first-order valence-electron chi connectivity index (χ1n) is 12.9. The van der Waals surface area contributed by atoms with Crippen molar-refractivity contribution in [3.8, 4) is 0 Å². The van der Waals surface area contributed by atoms with Crippen LogP contribution in [0.25, 0.3) is 0 Å². The molecule has 198 valence electrons. The van der Waals surface area contributed by atoms with E-state index in [1.54, 1.807) is 0 Å². The lowest BCUT2D eigenvalue weighted by atomic mass is 9.76. The van der Waals surface area contributed by atoms with Gasteiger partial charge in [-0.05, 0) is 17.3 Å². The van der Waals surface area contributed by atoms with Gasteiger partial charge in [0.1, 0.15) is 0 Å². The molecule has 0 bridgehead atoms. The molecule has 0 saturated carbocycles. The van der Waals surface area contributed by atoms with Crippen LogP contribution in [0.4, 0.5) is 0 Å². The second-order valence-corrected chi connectivity index (χ2v) is 10.2. The van der Waals surface area contributed by atoms with Crippen molar-refractivity contribution in [3.63, 3.8) is 0 Å². The van der Waals surface area contributed by atoms with Crippen LogP contribution < -0.4 is 5.32 Å². The second-order valence-electron chi connectivity index (χ2n) is 10.2. The standard InChI is InChI=1S/C26H48N2O6/c1-7-25(4,5)21-20-23(30)28(24(21)31)13-10-22(29)27-12-15-33-17-19-34-18-16-32-14-11-26(6,8-2)9-3/h21H,7-20H2,1-6H3,(H,27,29). The molecule has 1 aliphatic heterocycles. The highest BCUT2D eigenvalue weighted by molar-refractivity contribution is 6.04. The van der Waals surface area contributed by atoms with E-state index in [-0.39, 0.29) is 48.4 Å². The van der Waals surface area contributed by atoms with E-state index in [9.17, 15) is 14.4 Å². The van der Waals surface area contributed by atoms with Gasteiger partial charge in [-0.1, -0.05) is 60.8 Å². The maximum atomic E-state index is 12.6. The molecule has 0 radical (unpaired) electrons. The summed E-state index contributed by atoms with van der Waals surface area (Å²) in [6, 6.07) is 0. The highest BCUT2D eigenvalue weighted by atomic mass is 16.5. The van der Waals surface area contributed by atoms with E-state index in [1.807, 2.05) is 20.8 Å². The van der Waals surface area contributed by atoms with E-state index in [0.717, 1.165) is 32.3 Å². The number of carbonyl (C=O) groups is 3. The number of rotatable bonds is 19. The predicted molar refractivity (Wildman–Crippen MR) is 132 cm³/mol. The number of likely N-dealkylation sites (tertiary alicyclic amines) is 1. The molecule has 1 unspecified atom stereocenters. The summed E-state index contributed by atoms with van der Waals surface area (Å²) in [7, 11) is 0. The minimum absolute atomic E-state index is 0.107. The van der Waals surface area contributed by atoms with Gasteiger partial charge in [-0.15, -0.1) is 0 Å². The van der Waals surface area contributed by atoms with Crippen LogP contribution in [0, 0.1) is 16.7 Å². The molecule has 0 spiro atoms. The highest BCUT2D eigenvalue weighted by Crippen LogP contribution is 2.38. The molecule has 0 aromatic rings. The molecule has 8 nitrogen and oxygen atoms in total. The average Bonchev–Trinajstić information content (AvgIpc) is 3.12. The molecule has 34 heavy (non-hydrogen) atoms. The summed E-state index contributed by atoms with van der Waals surface area (Å²) in [5.74, 6) is -0.830. The third kappa shape index (κ3) is 10.4. The van der Waals surface area contributed by atoms with E-state index >= 15 is 0 Å². The lowest BCUT2D eigenvalue weighted by Gasteiger charge is -2.28. The van der Waals surface area contributed by atoms with Crippen LogP contribution in [0.15, 0.2) is 0 Å². The molecule has 0 aromatic carbocycles. The third-order valence-corrected chi connectivity index (χ3v) is 7.53. The van der Waals surface area contributed by atoms with Crippen molar-refractivity contribution < 1.29 is 28.6 Å². The number of amides is 3. The summed E-state index contributed by atoms with van der Waals surface area (Å²) in [6.45, 7) is 16.5. The first kappa shape index (κ1) is 30.5. The van der Waals surface area contributed by atoms with Gasteiger partial charge in [0.15, 0.2) is 0 Å². The number of nitrogens with zero attached hydrogens (tertiary/aromatic N) is 1. The Bertz CT molecular complexity index is 633. The fourth-order valence-electron chi connectivity index (χ4n) is 3.80. The first-order valence-corrected chi connectivity index (χ1v) is 12.9. The molecular weight excluding hydrogens is 436 g/mol. The van der Waals surface area contributed by atoms with Gasteiger partial charge >= 0.3 is 0 Å².